The summed E-state index contributed by atoms with van der Waals surface area (Å²) in [6.07, 6.45) is 2.17. The van der Waals surface area contributed by atoms with Crippen molar-refractivity contribution in [1.29, 1.82) is 0 Å². The molecule has 0 aromatic rings. The van der Waals surface area contributed by atoms with Gasteiger partial charge in [-0.05, 0) is 16.8 Å². The number of nitrogens with two attached hydrogens (primary N) is 1. The second-order valence-corrected chi connectivity index (χ2v) is 2.42. The zero-order valence-electron chi connectivity index (χ0n) is 4.28. The molecule has 1 nitrogen and oxygen atoms in total. The zero-order chi connectivity index (χ0) is 5.33. The van der Waals surface area contributed by atoms with E-state index in [4.69, 9.17) is 5.73 Å². The summed E-state index contributed by atoms with van der Waals surface area (Å²) in [6, 6.07) is 0. The first-order chi connectivity index (χ1) is 3.27. The molecular weight excluding hydrogens is 236 g/mol. The van der Waals surface area contributed by atoms with E-state index in [1.165, 1.54) is 0 Å². The first kappa shape index (κ1) is 8.54. The maximum absolute atomic E-state index is 5.58. The maximum Gasteiger partial charge on any atom is 0.0786 e. The van der Waals surface area contributed by atoms with Gasteiger partial charge in [-0.2, -0.15) is 0 Å². The summed E-state index contributed by atoms with van der Waals surface area (Å²) in [6.45, 7) is 0. The summed E-state index contributed by atoms with van der Waals surface area (Å²) >= 11 is 2.01. The molecule has 0 radical (unpaired) electrons. The van der Waals surface area contributed by atoms with Gasteiger partial charge in [0.25, 0.3) is 0 Å². The maximum atomic E-state index is 5.58. The van der Waals surface area contributed by atoms with E-state index >= 15 is 0 Å². The van der Waals surface area contributed by atoms with Crippen molar-refractivity contribution < 1.29 is 0 Å². The fraction of sp³-hybridized carbons (Fsp3) is 0.600. The van der Waals surface area contributed by atoms with Crippen LogP contribution in [0, 0.1) is 9.85 Å². The standard InChI is InChI=1S/C5H6IN.ClH/c6-4-3-5(7)1-2-5;/h1-2,7H2;1H. The smallest absolute Gasteiger partial charge is 0.0786 e. The predicted octanol–water partition coefficient (Wildman–Crippen LogP) is 1.30. The van der Waals surface area contributed by atoms with E-state index in [2.05, 4.69) is 9.85 Å². The molecule has 1 aliphatic carbocycles. The second kappa shape index (κ2) is 2.90. The lowest BCUT2D eigenvalue weighted by Crippen LogP contribution is -2.17. The van der Waals surface area contributed by atoms with Crippen molar-refractivity contribution in [2.24, 2.45) is 5.73 Å². The quantitative estimate of drug-likeness (QED) is 0.504. The van der Waals surface area contributed by atoms with Crippen LogP contribution in [0.15, 0.2) is 0 Å². The molecule has 0 unspecified atom stereocenters. The van der Waals surface area contributed by atoms with Crippen molar-refractivity contribution in [3.8, 4) is 9.85 Å². The summed E-state index contributed by atoms with van der Waals surface area (Å²) in [4.78, 5) is 0. The Kier molecular flexibility index (Phi) is 3.10. The van der Waals surface area contributed by atoms with Crippen molar-refractivity contribution in [1.82, 2.24) is 0 Å². The third-order valence-electron chi connectivity index (χ3n) is 1.08. The minimum Gasteiger partial charge on any atom is -0.315 e. The summed E-state index contributed by atoms with van der Waals surface area (Å²) < 4.78 is 2.77. The monoisotopic (exact) mass is 243 g/mol. The van der Waals surface area contributed by atoms with Gasteiger partial charge >= 0.3 is 0 Å². The Morgan fingerprint density at radius 3 is 2.12 bits per heavy atom. The van der Waals surface area contributed by atoms with Gasteiger partial charge in [-0.1, -0.05) is 5.92 Å². The number of halogens is 2. The topological polar surface area (TPSA) is 26.0 Å². The largest absolute Gasteiger partial charge is 0.315 e. The van der Waals surface area contributed by atoms with Gasteiger partial charge < -0.3 is 5.73 Å². The Hall–Kier alpha value is 0.540. The molecule has 1 fully saturated rings. The Labute approximate surface area is 68.9 Å². The van der Waals surface area contributed by atoms with Crippen molar-refractivity contribution in [3.05, 3.63) is 0 Å². The van der Waals surface area contributed by atoms with Crippen molar-refractivity contribution in [2.45, 2.75) is 18.4 Å². The van der Waals surface area contributed by atoms with E-state index in [9.17, 15) is 0 Å². The zero-order valence-corrected chi connectivity index (χ0v) is 7.25. The molecule has 0 heterocycles. The van der Waals surface area contributed by atoms with Crippen molar-refractivity contribution in [3.63, 3.8) is 0 Å². The first-order valence-electron chi connectivity index (χ1n) is 2.18. The van der Waals surface area contributed by atoms with Crippen LogP contribution in [-0.2, 0) is 0 Å². The van der Waals surface area contributed by atoms with Crippen LogP contribution in [0.5, 0.6) is 0 Å². The number of hydrogen-bond acceptors (Lipinski definition) is 1. The summed E-state index contributed by atoms with van der Waals surface area (Å²) in [5, 5.41) is 0. The van der Waals surface area contributed by atoms with Gasteiger partial charge in [-0.25, -0.2) is 0 Å². The molecule has 0 atom stereocenters. The minimum atomic E-state index is -0.0683. The van der Waals surface area contributed by atoms with Crippen LogP contribution in [0.3, 0.4) is 0 Å². The lowest BCUT2D eigenvalue weighted by atomic mass is 10.3. The molecule has 0 amide bonds. The van der Waals surface area contributed by atoms with E-state index < -0.39 is 0 Å². The Bertz CT molecular complexity index is 131. The van der Waals surface area contributed by atoms with Crippen molar-refractivity contribution in [2.75, 3.05) is 0 Å². The molecule has 1 aliphatic rings. The van der Waals surface area contributed by atoms with Gasteiger partial charge in [0, 0.05) is 22.6 Å². The molecule has 46 valence electrons. The molecule has 1 saturated carbocycles. The van der Waals surface area contributed by atoms with Crippen molar-refractivity contribution >= 4 is 35.0 Å². The molecule has 0 aromatic carbocycles. The molecule has 1 rings (SSSR count). The highest BCUT2D eigenvalue weighted by Gasteiger charge is 2.35. The summed E-state index contributed by atoms with van der Waals surface area (Å²) in [5.74, 6) is 2.91. The summed E-state index contributed by atoms with van der Waals surface area (Å²) in [5.41, 5.74) is 5.51. The molecule has 0 spiro atoms. The van der Waals surface area contributed by atoms with Gasteiger partial charge in [0.1, 0.15) is 0 Å². The third-order valence-corrected chi connectivity index (χ3v) is 1.35. The Morgan fingerprint density at radius 2 is 2.00 bits per heavy atom. The highest BCUT2D eigenvalue weighted by molar-refractivity contribution is 14.1. The molecular formula is C5H7ClIN. The highest BCUT2D eigenvalue weighted by atomic mass is 127. The van der Waals surface area contributed by atoms with Crippen LogP contribution < -0.4 is 5.73 Å². The summed E-state index contributed by atoms with van der Waals surface area (Å²) in [7, 11) is 0. The van der Waals surface area contributed by atoms with Gasteiger partial charge in [0.15, 0.2) is 0 Å². The second-order valence-electron chi connectivity index (χ2n) is 1.88. The van der Waals surface area contributed by atoms with Crippen LogP contribution in [0.25, 0.3) is 0 Å². The average molecular weight is 243 g/mol. The van der Waals surface area contributed by atoms with Crippen LogP contribution >= 0.6 is 35.0 Å². The van der Waals surface area contributed by atoms with Crippen LogP contribution in [0.4, 0.5) is 0 Å². The number of rotatable bonds is 0. The van der Waals surface area contributed by atoms with E-state index in [1.807, 2.05) is 22.6 Å². The lowest BCUT2D eigenvalue weighted by molar-refractivity contribution is 0.891. The molecule has 0 aromatic heterocycles. The van der Waals surface area contributed by atoms with Crippen LogP contribution in [0.2, 0.25) is 0 Å². The third kappa shape index (κ3) is 2.21. The van der Waals surface area contributed by atoms with E-state index in [1.54, 1.807) is 0 Å². The molecule has 0 aliphatic heterocycles. The van der Waals surface area contributed by atoms with Gasteiger partial charge in [-0.3, -0.25) is 0 Å². The fourth-order valence-electron chi connectivity index (χ4n) is 0.354. The van der Waals surface area contributed by atoms with E-state index in [0.29, 0.717) is 0 Å². The van der Waals surface area contributed by atoms with Crippen LogP contribution in [0.1, 0.15) is 12.8 Å². The predicted molar refractivity (Wildman–Crippen MR) is 45.2 cm³/mol. The normalized spacial score (nSPS) is 19.8. The Balaban J connectivity index is 0.000000490. The Morgan fingerprint density at radius 1 is 1.50 bits per heavy atom. The molecule has 0 saturated heterocycles. The van der Waals surface area contributed by atoms with Gasteiger partial charge in [0.2, 0.25) is 0 Å². The van der Waals surface area contributed by atoms with Gasteiger partial charge in [-0.15, -0.1) is 12.4 Å². The molecule has 0 bridgehead atoms. The van der Waals surface area contributed by atoms with Crippen LogP contribution in [-0.4, -0.2) is 5.54 Å². The first-order valence-corrected chi connectivity index (χ1v) is 3.26. The average Bonchev–Trinajstić information content (AvgIpc) is 2.22. The molecule has 8 heavy (non-hydrogen) atoms. The lowest BCUT2D eigenvalue weighted by Gasteiger charge is -1.89. The van der Waals surface area contributed by atoms with E-state index in [-0.39, 0.29) is 17.9 Å². The number of hydrogen-bond donors (Lipinski definition) is 1. The fourth-order valence-corrected chi connectivity index (χ4v) is 0.891. The van der Waals surface area contributed by atoms with Gasteiger partial charge in [0.05, 0.1) is 5.54 Å². The molecule has 2 N–H and O–H groups in total. The van der Waals surface area contributed by atoms with E-state index in [0.717, 1.165) is 12.8 Å². The SMILES string of the molecule is Cl.NC1(C#CI)CC1. The highest BCUT2D eigenvalue weighted by Crippen LogP contribution is 2.30. The molecule has 3 heteroatoms. The minimum absolute atomic E-state index is 0.